The van der Waals surface area contributed by atoms with Crippen LogP contribution in [0.25, 0.3) is 0 Å². The van der Waals surface area contributed by atoms with E-state index in [-0.39, 0.29) is 18.1 Å². The number of rotatable bonds is 3. The van der Waals surface area contributed by atoms with Crippen LogP contribution in [0.15, 0.2) is 9.59 Å². The summed E-state index contributed by atoms with van der Waals surface area (Å²) >= 11 is 0. The summed E-state index contributed by atoms with van der Waals surface area (Å²) in [6.07, 6.45) is -0.679. The number of aromatic nitrogens is 2. The maximum absolute atomic E-state index is 11.6. The van der Waals surface area contributed by atoms with Gasteiger partial charge in [0.15, 0.2) is 5.69 Å². The second-order valence-corrected chi connectivity index (χ2v) is 3.14. The standard InChI is InChI=1S/C9H14N4O4/c1-4-17-9(16)13(3)5-6(10-2)11-8(15)12-7(5)14/h4H2,1-3H3,(H3,10,11,12,14,15). The Hall–Kier alpha value is -2.25. The quantitative estimate of drug-likeness (QED) is 0.674. The number of carbonyl (C=O) groups excluding carboxylic acids is 1. The van der Waals surface area contributed by atoms with Crippen molar-refractivity contribution in [3.8, 4) is 0 Å². The predicted molar refractivity (Wildman–Crippen MR) is 62.7 cm³/mol. The summed E-state index contributed by atoms with van der Waals surface area (Å²) in [5.41, 5.74) is -1.33. The van der Waals surface area contributed by atoms with Crippen LogP contribution in [0.5, 0.6) is 0 Å². The highest BCUT2D eigenvalue weighted by atomic mass is 16.6. The monoisotopic (exact) mass is 242 g/mol. The minimum absolute atomic E-state index is 0.00875. The van der Waals surface area contributed by atoms with E-state index in [0.717, 1.165) is 4.90 Å². The molecule has 0 atom stereocenters. The molecule has 0 radical (unpaired) electrons. The lowest BCUT2D eigenvalue weighted by molar-refractivity contribution is 0.161. The highest BCUT2D eigenvalue weighted by Crippen LogP contribution is 2.15. The van der Waals surface area contributed by atoms with Gasteiger partial charge >= 0.3 is 11.8 Å². The van der Waals surface area contributed by atoms with E-state index in [1.165, 1.54) is 14.1 Å². The molecule has 0 saturated heterocycles. The van der Waals surface area contributed by atoms with Gasteiger partial charge in [-0.1, -0.05) is 0 Å². The average Bonchev–Trinajstić information content (AvgIpc) is 2.27. The van der Waals surface area contributed by atoms with Crippen LogP contribution in [-0.2, 0) is 4.74 Å². The van der Waals surface area contributed by atoms with Crippen molar-refractivity contribution in [2.24, 2.45) is 0 Å². The zero-order valence-corrected chi connectivity index (χ0v) is 9.79. The molecule has 0 aliphatic rings. The number of anilines is 2. The van der Waals surface area contributed by atoms with Gasteiger partial charge in [-0.2, -0.15) is 0 Å². The maximum atomic E-state index is 11.6. The fourth-order valence-corrected chi connectivity index (χ4v) is 1.29. The lowest BCUT2D eigenvalue weighted by atomic mass is 10.4. The van der Waals surface area contributed by atoms with Crippen LogP contribution in [0.4, 0.5) is 16.3 Å². The molecule has 8 heteroatoms. The Morgan fingerprint density at radius 3 is 2.59 bits per heavy atom. The van der Waals surface area contributed by atoms with Crippen molar-refractivity contribution < 1.29 is 9.53 Å². The molecule has 17 heavy (non-hydrogen) atoms. The Morgan fingerprint density at radius 1 is 1.41 bits per heavy atom. The Morgan fingerprint density at radius 2 is 2.06 bits per heavy atom. The summed E-state index contributed by atoms with van der Waals surface area (Å²) in [4.78, 5) is 39.6. The van der Waals surface area contributed by atoms with Gasteiger partial charge < -0.3 is 10.1 Å². The number of ether oxygens (including phenoxy) is 1. The van der Waals surface area contributed by atoms with Crippen LogP contribution >= 0.6 is 0 Å². The van der Waals surface area contributed by atoms with Gasteiger partial charge in [0, 0.05) is 14.1 Å². The average molecular weight is 242 g/mol. The van der Waals surface area contributed by atoms with Gasteiger partial charge in [0.2, 0.25) is 0 Å². The summed E-state index contributed by atoms with van der Waals surface area (Å²) in [6, 6.07) is 0. The molecular formula is C9H14N4O4. The van der Waals surface area contributed by atoms with Crippen molar-refractivity contribution in [3.05, 3.63) is 20.8 Å². The maximum Gasteiger partial charge on any atom is 0.414 e. The lowest BCUT2D eigenvalue weighted by Crippen LogP contribution is -2.36. The molecule has 0 fully saturated rings. The molecule has 1 aromatic rings. The molecule has 8 nitrogen and oxygen atoms in total. The van der Waals surface area contributed by atoms with E-state index in [9.17, 15) is 14.4 Å². The highest BCUT2D eigenvalue weighted by molar-refractivity contribution is 5.90. The molecule has 94 valence electrons. The van der Waals surface area contributed by atoms with Gasteiger partial charge in [0.05, 0.1) is 6.61 Å². The molecule has 1 aromatic heterocycles. The Bertz CT molecular complexity index is 518. The summed E-state index contributed by atoms with van der Waals surface area (Å²) in [6.45, 7) is 1.85. The van der Waals surface area contributed by atoms with Gasteiger partial charge in [-0.15, -0.1) is 0 Å². The van der Waals surface area contributed by atoms with E-state index in [4.69, 9.17) is 4.74 Å². The molecule has 0 aliphatic carbocycles. The number of hydrogen-bond acceptors (Lipinski definition) is 5. The molecule has 3 N–H and O–H groups in total. The van der Waals surface area contributed by atoms with Gasteiger partial charge in [0.25, 0.3) is 5.56 Å². The molecule has 0 saturated carbocycles. The third kappa shape index (κ3) is 2.65. The van der Waals surface area contributed by atoms with Crippen molar-refractivity contribution in [3.63, 3.8) is 0 Å². The topological polar surface area (TPSA) is 107 Å². The molecule has 0 unspecified atom stereocenters. The number of nitrogens with zero attached hydrogens (tertiary/aromatic N) is 1. The number of carbonyl (C=O) groups is 1. The van der Waals surface area contributed by atoms with Crippen LogP contribution in [-0.4, -0.2) is 36.8 Å². The van der Waals surface area contributed by atoms with Gasteiger partial charge in [-0.3, -0.25) is 19.7 Å². The van der Waals surface area contributed by atoms with E-state index in [0.29, 0.717) is 0 Å². The van der Waals surface area contributed by atoms with Crippen molar-refractivity contribution >= 4 is 17.6 Å². The fourth-order valence-electron chi connectivity index (χ4n) is 1.29. The minimum Gasteiger partial charge on any atom is -0.449 e. The van der Waals surface area contributed by atoms with Crippen LogP contribution in [0.1, 0.15) is 6.92 Å². The van der Waals surface area contributed by atoms with Crippen molar-refractivity contribution in [1.82, 2.24) is 9.97 Å². The van der Waals surface area contributed by atoms with Crippen LogP contribution < -0.4 is 21.5 Å². The normalized spacial score (nSPS) is 9.82. The Labute approximate surface area is 96.6 Å². The third-order valence-electron chi connectivity index (χ3n) is 2.04. The highest BCUT2D eigenvalue weighted by Gasteiger charge is 2.19. The van der Waals surface area contributed by atoms with E-state index >= 15 is 0 Å². The number of amides is 1. The van der Waals surface area contributed by atoms with Crippen LogP contribution in [0.3, 0.4) is 0 Å². The first-order valence-corrected chi connectivity index (χ1v) is 4.96. The summed E-state index contributed by atoms with van der Waals surface area (Å²) in [5, 5.41) is 2.63. The molecular weight excluding hydrogens is 228 g/mol. The second-order valence-electron chi connectivity index (χ2n) is 3.14. The molecule has 1 heterocycles. The molecule has 0 aromatic carbocycles. The van der Waals surface area contributed by atoms with E-state index in [1.54, 1.807) is 6.92 Å². The summed E-state index contributed by atoms with van der Waals surface area (Å²) < 4.78 is 4.76. The summed E-state index contributed by atoms with van der Waals surface area (Å²) in [5.74, 6) is 0.148. The van der Waals surface area contributed by atoms with Crippen LogP contribution in [0, 0.1) is 0 Å². The van der Waals surface area contributed by atoms with Crippen molar-refractivity contribution in [1.29, 1.82) is 0 Å². The van der Waals surface area contributed by atoms with E-state index in [1.807, 2.05) is 4.98 Å². The largest absolute Gasteiger partial charge is 0.449 e. The first-order valence-electron chi connectivity index (χ1n) is 4.96. The number of H-pyrrole nitrogens is 2. The number of nitrogens with one attached hydrogen (secondary N) is 3. The number of hydrogen-bond donors (Lipinski definition) is 3. The predicted octanol–water partition coefficient (Wildman–Crippen LogP) is -0.302. The molecule has 1 amide bonds. The second kappa shape index (κ2) is 5.19. The number of aromatic amines is 2. The van der Waals surface area contributed by atoms with Gasteiger partial charge in [0.1, 0.15) is 5.82 Å². The molecule has 1 rings (SSSR count). The first kappa shape index (κ1) is 12.8. The summed E-state index contributed by atoms with van der Waals surface area (Å²) in [7, 11) is 2.90. The Balaban J connectivity index is 3.25. The van der Waals surface area contributed by atoms with Crippen molar-refractivity contribution in [2.45, 2.75) is 6.92 Å². The Kier molecular flexibility index (Phi) is 3.91. The smallest absolute Gasteiger partial charge is 0.414 e. The SMILES string of the molecule is CCOC(=O)N(C)c1c(NC)[nH]c(=O)[nH]c1=O. The van der Waals surface area contributed by atoms with Crippen LogP contribution in [0.2, 0.25) is 0 Å². The minimum atomic E-state index is -0.679. The third-order valence-corrected chi connectivity index (χ3v) is 2.04. The zero-order chi connectivity index (χ0) is 13.0. The fraction of sp³-hybridized carbons (Fsp3) is 0.444. The first-order chi connectivity index (χ1) is 8.01. The van der Waals surface area contributed by atoms with E-state index < -0.39 is 17.3 Å². The lowest BCUT2D eigenvalue weighted by Gasteiger charge is -2.17. The van der Waals surface area contributed by atoms with Gasteiger partial charge in [-0.05, 0) is 6.92 Å². The molecule has 0 aliphatic heterocycles. The molecule has 0 bridgehead atoms. The van der Waals surface area contributed by atoms with Gasteiger partial charge in [-0.25, -0.2) is 9.59 Å². The molecule has 0 spiro atoms. The van der Waals surface area contributed by atoms with Crippen molar-refractivity contribution in [2.75, 3.05) is 30.9 Å². The van der Waals surface area contributed by atoms with E-state index in [2.05, 4.69) is 10.3 Å². The zero-order valence-electron chi connectivity index (χ0n) is 9.79.